The third kappa shape index (κ3) is 5.91. The van der Waals surface area contributed by atoms with E-state index in [0.717, 1.165) is 11.1 Å². The van der Waals surface area contributed by atoms with E-state index in [0.29, 0.717) is 5.76 Å². The van der Waals surface area contributed by atoms with Crippen LogP contribution in [0.4, 0.5) is 13.2 Å². The number of aryl methyl sites for hydroxylation is 2. The first-order valence-corrected chi connectivity index (χ1v) is 7.75. The third-order valence-electron chi connectivity index (χ3n) is 3.52. The molecule has 0 fully saturated rings. The van der Waals surface area contributed by atoms with Gasteiger partial charge in [0, 0.05) is 18.4 Å². The summed E-state index contributed by atoms with van der Waals surface area (Å²) in [6.07, 6.45) is -5.04. The number of nitrogens with zero attached hydrogens (tertiary/aromatic N) is 1. The molecule has 0 aliphatic rings. The van der Waals surface area contributed by atoms with E-state index in [1.54, 1.807) is 0 Å². The summed E-state index contributed by atoms with van der Waals surface area (Å²) in [6, 6.07) is 5.48. The molecule has 1 heterocycles. The molecule has 1 unspecified atom stereocenters. The molecule has 1 atom stereocenters. The van der Waals surface area contributed by atoms with Crippen molar-refractivity contribution in [3.8, 4) is 11.3 Å². The summed E-state index contributed by atoms with van der Waals surface area (Å²) in [4.78, 5) is 26.6. The van der Waals surface area contributed by atoms with Crippen LogP contribution in [0, 0.1) is 6.92 Å². The molecule has 0 saturated carbocycles. The Morgan fingerprint density at radius 2 is 1.92 bits per heavy atom. The van der Waals surface area contributed by atoms with Crippen LogP contribution < -0.4 is 5.32 Å². The fraction of sp³-hybridized carbons (Fsp3) is 0.353. The van der Waals surface area contributed by atoms with Gasteiger partial charge in [-0.2, -0.15) is 13.2 Å². The highest BCUT2D eigenvalue weighted by Crippen LogP contribution is 2.22. The highest BCUT2D eigenvalue weighted by Gasteiger charge is 2.36. The number of carboxylic acids is 1. The minimum absolute atomic E-state index is 0.0377. The molecule has 0 saturated heterocycles. The van der Waals surface area contributed by atoms with Gasteiger partial charge in [0.15, 0.2) is 11.7 Å². The summed E-state index contributed by atoms with van der Waals surface area (Å²) in [5.41, 5.74) is 1.88. The van der Waals surface area contributed by atoms with E-state index >= 15 is 0 Å². The van der Waals surface area contributed by atoms with Crippen molar-refractivity contribution in [1.82, 2.24) is 10.3 Å². The zero-order valence-corrected chi connectivity index (χ0v) is 13.8. The summed E-state index contributed by atoms with van der Waals surface area (Å²) in [6.45, 7) is 1.94. The number of aliphatic carboxylic acids is 1. The smallest absolute Gasteiger partial charge is 0.391 e. The zero-order valence-electron chi connectivity index (χ0n) is 13.8. The number of halogens is 3. The second kappa shape index (κ2) is 8.03. The van der Waals surface area contributed by atoms with Gasteiger partial charge in [-0.25, -0.2) is 9.78 Å². The van der Waals surface area contributed by atoms with Crippen molar-refractivity contribution in [2.45, 2.75) is 38.4 Å². The lowest BCUT2D eigenvalue weighted by Crippen LogP contribution is -2.43. The Morgan fingerprint density at radius 3 is 2.50 bits per heavy atom. The molecule has 0 aliphatic carbocycles. The second-order valence-electron chi connectivity index (χ2n) is 5.76. The van der Waals surface area contributed by atoms with Gasteiger partial charge in [0.25, 0.3) is 0 Å². The quantitative estimate of drug-likeness (QED) is 0.781. The molecule has 2 N–H and O–H groups in total. The van der Waals surface area contributed by atoms with E-state index < -0.39 is 30.5 Å². The fourth-order valence-corrected chi connectivity index (χ4v) is 2.20. The summed E-state index contributed by atoms with van der Waals surface area (Å²) >= 11 is 0. The number of carbonyl (C=O) groups is 2. The molecule has 0 radical (unpaired) electrons. The number of carbonyl (C=O) groups excluding carboxylic acids is 1. The molecule has 140 valence electrons. The van der Waals surface area contributed by atoms with Gasteiger partial charge in [-0.1, -0.05) is 29.8 Å². The monoisotopic (exact) mass is 370 g/mol. The first-order chi connectivity index (χ1) is 12.1. The van der Waals surface area contributed by atoms with Gasteiger partial charge in [-0.15, -0.1) is 0 Å². The van der Waals surface area contributed by atoms with Gasteiger partial charge < -0.3 is 14.8 Å². The van der Waals surface area contributed by atoms with Crippen molar-refractivity contribution in [1.29, 1.82) is 0 Å². The average Bonchev–Trinajstić information content (AvgIpc) is 3.00. The van der Waals surface area contributed by atoms with Gasteiger partial charge >= 0.3 is 12.1 Å². The van der Waals surface area contributed by atoms with Crippen LogP contribution in [0.25, 0.3) is 11.3 Å². The maximum atomic E-state index is 12.3. The van der Waals surface area contributed by atoms with Crippen LogP contribution in [0.5, 0.6) is 0 Å². The number of hydrogen-bond acceptors (Lipinski definition) is 4. The lowest BCUT2D eigenvalue weighted by molar-refractivity contribution is -0.160. The minimum Gasteiger partial charge on any atom is -0.480 e. The number of rotatable bonds is 7. The molecule has 2 rings (SSSR count). The molecular formula is C17H17F3N2O4. The maximum absolute atomic E-state index is 12.3. The number of benzene rings is 1. The van der Waals surface area contributed by atoms with E-state index in [2.05, 4.69) is 4.98 Å². The predicted molar refractivity (Wildman–Crippen MR) is 85.2 cm³/mol. The number of oxazole rings is 1. The van der Waals surface area contributed by atoms with E-state index in [9.17, 15) is 22.8 Å². The topological polar surface area (TPSA) is 92.4 Å². The van der Waals surface area contributed by atoms with Crippen LogP contribution in [0.2, 0.25) is 0 Å². The number of carboxylic acid groups (broad SMARTS) is 1. The highest BCUT2D eigenvalue weighted by molar-refractivity contribution is 5.83. The Hall–Kier alpha value is -2.84. The number of amides is 1. The summed E-state index contributed by atoms with van der Waals surface area (Å²) in [7, 11) is 0. The molecule has 26 heavy (non-hydrogen) atoms. The summed E-state index contributed by atoms with van der Waals surface area (Å²) in [5.74, 6) is -1.83. The lowest BCUT2D eigenvalue weighted by Gasteiger charge is -2.16. The van der Waals surface area contributed by atoms with Gasteiger partial charge in [-0.3, -0.25) is 4.79 Å². The van der Waals surface area contributed by atoms with Crippen LogP contribution in [0.1, 0.15) is 24.3 Å². The number of aromatic nitrogens is 1. The Labute approximate surface area is 147 Å². The van der Waals surface area contributed by atoms with E-state index in [-0.39, 0.29) is 18.7 Å². The van der Waals surface area contributed by atoms with Crippen molar-refractivity contribution < 1.29 is 32.3 Å². The van der Waals surface area contributed by atoms with Crippen molar-refractivity contribution in [2.75, 3.05) is 0 Å². The molecule has 1 amide bonds. The van der Waals surface area contributed by atoms with E-state index in [4.69, 9.17) is 9.52 Å². The van der Waals surface area contributed by atoms with Crippen LogP contribution in [0.3, 0.4) is 0 Å². The van der Waals surface area contributed by atoms with Crippen molar-refractivity contribution >= 4 is 11.9 Å². The number of hydrogen-bond donors (Lipinski definition) is 2. The molecule has 2 aromatic rings. The molecule has 0 aliphatic heterocycles. The van der Waals surface area contributed by atoms with Crippen molar-refractivity contribution in [3.63, 3.8) is 0 Å². The highest BCUT2D eigenvalue weighted by atomic mass is 19.4. The summed E-state index contributed by atoms with van der Waals surface area (Å²) < 4.78 is 42.5. The Kier molecular flexibility index (Phi) is 6.01. The normalized spacial score (nSPS) is 12.6. The fourth-order valence-electron chi connectivity index (χ4n) is 2.20. The third-order valence-corrected chi connectivity index (χ3v) is 3.52. The predicted octanol–water partition coefficient (Wildman–Crippen LogP) is 3.10. The summed E-state index contributed by atoms with van der Waals surface area (Å²) in [5, 5.41) is 10.6. The van der Waals surface area contributed by atoms with E-state index in [1.807, 2.05) is 36.5 Å². The molecule has 1 aromatic heterocycles. The van der Waals surface area contributed by atoms with Crippen molar-refractivity contribution in [3.05, 3.63) is 41.9 Å². The first-order valence-electron chi connectivity index (χ1n) is 7.75. The lowest BCUT2D eigenvalue weighted by atomic mass is 10.1. The van der Waals surface area contributed by atoms with Gasteiger partial charge in [0.2, 0.25) is 5.91 Å². The first kappa shape index (κ1) is 19.5. The largest absolute Gasteiger partial charge is 0.480 e. The molecular weight excluding hydrogens is 353 g/mol. The second-order valence-corrected chi connectivity index (χ2v) is 5.76. The van der Waals surface area contributed by atoms with E-state index in [1.165, 1.54) is 6.20 Å². The standard InChI is InChI=1S/C17H17F3N2O4/c1-10-2-4-11(5-3-10)13-9-21-15(26-13)7-6-14(23)22-12(16(24)25)8-17(18,19)20/h2-5,9,12H,6-8H2,1H3,(H,22,23)(H,24,25). The van der Waals surface area contributed by atoms with Gasteiger partial charge in [0.1, 0.15) is 6.04 Å². The SMILES string of the molecule is Cc1ccc(-c2cnc(CCC(=O)NC(CC(F)(F)F)C(=O)O)o2)cc1. The molecule has 0 bridgehead atoms. The Morgan fingerprint density at radius 1 is 1.27 bits per heavy atom. The molecule has 6 nitrogen and oxygen atoms in total. The zero-order chi connectivity index (χ0) is 19.3. The molecule has 9 heteroatoms. The van der Waals surface area contributed by atoms with Gasteiger partial charge in [-0.05, 0) is 6.92 Å². The molecule has 0 spiro atoms. The Bertz CT molecular complexity index is 769. The molecule has 1 aromatic carbocycles. The Balaban J connectivity index is 1.91. The van der Waals surface area contributed by atoms with Crippen LogP contribution >= 0.6 is 0 Å². The van der Waals surface area contributed by atoms with Gasteiger partial charge in [0.05, 0.1) is 12.6 Å². The maximum Gasteiger partial charge on any atom is 0.391 e. The van der Waals surface area contributed by atoms with Crippen molar-refractivity contribution in [2.24, 2.45) is 0 Å². The van der Waals surface area contributed by atoms with Crippen LogP contribution in [0.15, 0.2) is 34.9 Å². The number of alkyl halides is 3. The number of nitrogens with one attached hydrogen (secondary N) is 1. The van der Waals surface area contributed by atoms with Crippen LogP contribution in [-0.4, -0.2) is 34.2 Å². The van der Waals surface area contributed by atoms with Crippen LogP contribution in [-0.2, 0) is 16.0 Å². The average molecular weight is 370 g/mol. The minimum atomic E-state index is -4.69.